The molecule has 0 saturated carbocycles. The lowest BCUT2D eigenvalue weighted by Crippen LogP contribution is -2.30. The summed E-state index contributed by atoms with van der Waals surface area (Å²) in [4.78, 5) is 73.4. The Balaban J connectivity index is 5.25. The fraction of sp³-hybridized carbons (Fsp3) is 0.955. The summed E-state index contributed by atoms with van der Waals surface area (Å²) in [6.07, 6.45) is 73.5. The van der Waals surface area contributed by atoms with Crippen LogP contribution >= 0.6 is 15.6 Å². The molecule has 0 aromatic carbocycles. The Bertz CT molecular complexity index is 2060. The smallest absolute Gasteiger partial charge is 0.462 e. The largest absolute Gasteiger partial charge is 0.472 e. The van der Waals surface area contributed by atoms with E-state index in [4.69, 9.17) is 37.0 Å². The maximum absolute atomic E-state index is 13.2. The number of rotatable bonds is 88. The summed E-state index contributed by atoms with van der Waals surface area (Å²) < 4.78 is 69.0. The zero-order chi connectivity index (χ0) is 79.2. The Morgan fingerprint density at radius 1 is 0.250 bits per heavy atom. The van der Waals surface area contributed by atoms with Gasteiger partial charge in [-0.25, -0.2) is 9.13 Å². The van der Waals surface area contributed by atoms with Crippen molar-refractivity contribution in [2.24, 2.45) is 11.8 Å². The minimum absolute atomic E-state index is 0.108. The van der Waals surface area contributed by atoms with Crippen LogP contribution in [0.5, 0.6) is 0 Å². The first-order valence-electron chi connectivity index (χ1n) is 46.0. The van der Waals surface area contributed by atoms with E-state index in [0.29, 0.717) is 25.7 Å². The van der Waals surface area contributed by atoms with Crippen LogP contribution in [0.25, 0.3) is 0 Å². The molecular weight excluding hydrogens is 1400 g/mol. The number of hydrogen-bond donors (Lipinski definition) is 3. The van der Waals surface area contributed by atoms with Crippen LogP contribution in [0.3, 0.4) is 0 Å². The third-order valence-corrected chi connectivity index (χ3v) is 22.9. The second kappa shape index (κ2) is 80.3. The number of esters is 4. The highest BCUT2D eigenvalue weighted by atomic mass is 31.2. The lowest BCUT2D eigenvalue weighted by atomic mass is 10.0. The average Bonchev–Trinajstić information content (AvgIpc) is 0.918. The maximum Gasteiger partial charge on any atom is 0.472 e. The van der Waals surface area contributed by atoms with Crippen LogP contribution in [0.15, 0.2) is 0 Å². The average molecular weight is 1580 g/mol. The van der Waals surface area contributed by atoms with E-state index >= 15 is 0 Å². The second-order valence-electron chi connectivity index (χ2n) is 32.9. The fourth-order valence-corrected chi connectivity index (χ4v) is 15.5. The van der Waals surface area contributed by atoms with Crippen LogP contribution in [0.2, 0.25) is 0 Å². The Hall–Kier alpha value is -1.94. The van der Waals surface area contributed by atoms with Gasteiger partial charge in [-0.15, -0.1) is 0 Å². The molecule has 0 bridgehead atoms. The van der Waals surface area contributed by atoms with Gasteiger partial charge in [0.25, 0.3) is 0 Å². The standard InChI is InChI=1S/C89H174O17P2/c1-7-9-11-13-15-17-19-21-22-23-24-25-31-36-42-48-54-60-66-72-87(92)100-78-85(106-88(93)73-67-61-55-49-43-37-32-27-26-29-34-39-45-51-57-63-69-81(3)4)80-104-108(97,98)102-76-83(90)75-101-107(95,96)103-79-84(77-99-86(91)71-65-59-53-47-41-20-18-16-14-12-10-8-2)105-89(94)74-68-62-56-50-44-38-33-28-30-35-40-46-52-58-64-70-82(5)6/h81-85,90H,7-80H2,1-6H3,(H,95,96)(H,97,98)/t83-,84+,85+/m0/s1. The molecule has 642 valence electrons. The highest BCUT2D eigenvalue weighted by molar-refractivity contribution is 7.47. The van der Waals surface area contributed by atoms with Gasteiger partial charge >= 0.3 is 39.5 Å². The lowest BCUT2D eigenvalue weighted by molar-refractivity contribution is -0.161. The molecule has 5 atom stereocenters. The quantitative estimate of drug-likeness (QED) is 0.0222. The van der Waals surface area contributed by atoms with Gasteiger partial charge in [0, 0.05) is 25.7 Å². The molecular formula is C89H174O17P2. The number of hydrogen-bond acceptors (Lipinski definition) is 15. The lowest BCUT2D eigenvalue weighted by Gasteiger charge is -2.21. The number of carbonyl (C=O) groups is 4. The van der Waals surface area contributed by atoms with Crippen LogP contribution in [0.4, 0.5) is 0 Å². The van der Waals surface area contributed by atoms with Crippen molar-refractivity contribution in [2.45, 2.75) is 496 Å². The number of aliphatic hydroxyl groups is 1. The van der Waals surface area contributed by atoms with Crippen LogP contribution in [-0.2, 0) is 65.4 Å². The summed E-state index contributed by atoms with van der Waals surface area (Å²) in [7, 11) is -9.93. The first-order chi connectivity index (χ1) is 52.4. The molecule has 2 unspecified atom stereocenters. The van der Waals surface area contributed by atoms with E-state index in [2.05, 4.69) is 41.5 Å². The van der Waals surface area contributed by atoms with E-state index in [1.807, 2.05) is 0 Å². The zero-order valence-electron chi connectivity index (χ0n) is 71.2. The number of phosphoric ester groups is 2. The summed E-state index contributed by atoms with van der Waals surface area (Å²) >= 11 is 0. The Morgan fingerprint density at radius 3 is 0.630 bits per heavy atom. The SMILES string of the molecule is CCCCCCCCCCCCCCCCCCCCCC(=O)OC[C@H](COP(=O)(O)OC[C@@H](O)COP(=O)(O)OC[C@@H](COC(=O)CCCCCCCCCCCCCC)OC(=O)CCCCCCCCCCCCCCCCCC(C)C)OC(=O)CCCCCCCCCCCCCCCCCCC(C)C. The highest BCUT2D eigenvalue weighted by Crippen LogP contribution is 2.45. The third-order valence-electron chi connectivity index (χ3n) is 21.0. The normalized spacial score (nSPS) is 13.8. The van der Waals surface area contributed by atoms with Crippen molar-refractivity contribution in [1.82, 2.24) is 0 Å². The molecule has 17 nitrogen and oxygen atoms in total. The monoisotopic (exact) mass is 1580 g/mol. The van der Waals surface area contributed by atoms with Gasteiger partial charge in [-0.1, -0.05) is 427 Å². The Labute approximate surface area is 664 Å². The van der Waals surface area contributed by atoms with Crippen molar-refractivity contribution < 1.29 is 80.2 Å². The molecule has 0 fully saturated rings. The molecule has 0 aromatic rings. The number of ether oxygens (including phenoxy) is 4. The molecule has 19 heteroatoms. The molecule has 108 heavy (non-hydrogen) atoms. The maximum atomic E-state index is 13.2. The van der Waals surface area contributed by atoms with Crippen molar-refractivity contribution in [3.63, 3.8) is 0 Å². The minimum Gasteiger partial charge on any atom is -0.462 e. The Morgan fingerprint density at radius 2 is 0.426 bits per heavy atom. The summed E-state index contributed by atoms with van der Waals surface area (Å²) in [5.74, 6) is -0.484. The summed E-state index contributed by atoms with van der Waals surface area (Å²) in [5, 5.41) is 10.7. The van der Waals surface area contributed by atoms with E-state index in [-0.39, 0.29) is 25.7 Å². The van der Waals surface area contributed by atoms with Gasteiger partial charge in [-0.3, -0.25) is 37.3 Å². The van der Waals surface area contributed by atoms with Crippen LogP contribution < -0.4 is 0 Å². The van der Waals surface area contributed by atoms with Gasteiger partial charge in [0.2, 0.25) is 0 Å². The molecule has 0 saturated heterocycles. The van der Waals surface area contributed by atoms with Gasteiger partial charge in [-0.2, -0.15) is 0 Å². The summed E-state index contributed by atoms with van der Waals surface area (Å²) in [6, 6.07) is 0. The molecule has 0 aliphatic rings. The molecule has 0 aliphatic carbocycles. The molecule has 0 heterocycles. The van der Waals surface area contributed by atoms with Gasteiger partial charge in [0.05, 0.1) is 26.4 Å². The predicted octanol–water partition coefficient (Wildman–Crippen LogP) is 27.4. The number of aliphatic hydroxyl groups excluding tert-OH is 1. The van der Waals surface area contributed by atoms with E-state index in [0.717, 1.165) is 102 Å². The summed E-state index contributed by atoms with van der Waals surface area (Å²) in [5.41, 5.74) is 0. The van der Waals surface area contributed by atoms with Gasteiger partial charge in [0.15, 0.2) is 12.2 Å². The topological polar surface area (TPSA) is 237 Å². The Kier molecular flexibility index (Phi) is 78.8. The number of phosphoric acid groups is 2. The minimum atomic E-state index is -4.97. The number of carbonyl (C=O) groups excluding carboxylic acids is 4. The van der Waals surface area contributed by atoms with Crippen LogP contribution in [0.1, 0.15) is 478 Å². The third kappa shape index (κ3) is 82.1. The van der Waals surface area contributed by atoms with E-state index in [1.165, 1.54) is 295 Å². The summed E-state index contributed by atoms with van der Waals surface area (Å²) in [6.45, 7) is 9.75. The van der Waals surface area contributed by atoms with E-state index < -0.39 is 97.5 Å². The molecule has 3 N–H and O–H groups in total. The predicted molar refractivity (Wildman–Crippen MR) is 446 cm³/mol. The van der Waals surface area contributed by atoms with Crippen LogP contribution in [-0.4, -0.2) is 96.7 Å². The second-order valence-corrected chi connectivity index (χ2v) is 35.8. The fourth-order valence-electron chi connectivity index (χ4n) is 14.0. The molecule has 0 rings (SSSR count). The van der Waals surface area contributed by atoms with E-state index in [9.17, 15) is 43.2 Å². The first-order valence-corrected chi connectivity index (χ1v) is 49.0. The first kappa shape index (κ1) is 106. The van der Waals surface area contributed by atoms with Crippen molar-refractivity contribution in [3.05, 3.63) is 0 Å². The van der Waals surface area contributed by atoms with Crippen molar-refractivity contribution >= 4 is 39.5 Å². The van der Waals surface area contributed by atoms with Crippen LogP contribution in [0, 0.1) is 11.8 Å². The molecule has 0 spiro atoms. The molecule has 0 amide bonds. The zero-order valence-corrected chi connectivity index (χ0v) is 73.0. The molecule has 0 aromatic heterocycles. The van der Waals surface area contributed by atoms with Crippen molar-refractivity contribution in [1.29, 1.82) is 0 Å². The van der Waals surface area contributed by atoms with Gasteiger partial charge < -0.3 is 33.8 Å². The highest BCUT2D eigenvalue weighted by Gasteiger charge is 2.31. The van der Waals surface area contributed by atoms with E-state index in [1.54, 1.807) is 0 Å². The van der Waals surface area contributed by atoms with Crippen molar-refractivity contribution in [3.8, 4) is 0 Å². The number of unbranched alkanes of at least 4 members (excludes halogenated alkanes) is 58. The molecule has 0 radical (unpaired) electrons. The van der Waals surface area contributed by atoms with Gasteiger partial charge in [-0.05, 0) is 37.5 Å². The molecule has 0 aliphatic heterocycles. The van der Waals surface area contributed by atoms with Crippen molar-refractivity contribution in [2.75, 3.05) is 39.6 Å². The van der Waals surface area contributed by atoms with Gasteiger partial charge in [0.1, 0.15) is 19.3 Å².